The van der Waals surface area contributed by atoms with E-state index in [1.54, 1.807) is 37.3 Å². The molecule has 1 N–H and O–H groups in total. The number of aromatic nitrogens is 1. The molecule has 2 heterocycles. The van der Waals surface area contributed by atoms with E-state index in [2.05, 4.69) is 10.5 Å². The van der Waals surface area contributed by atoms with E-state index < -0.39 is 9.84 Å². The van der Waals surface area contributed by atoms with E-state index >= 15 is 0 Å². The second-order valence-corrected chi connectivity index (χ2v) is 9.31. The van der Waals surface area contributed by atoms with Crippen LogP contribution in [-0.2, 0) is 21.2 Å². The highest BCUT2D eigenvalue weighted by molar-refractivity contribution is 7.91. The van der Waals surface area contributed by atoms with E-state index in [1.165, 1.54) is 13.2 Å². The van der Waals surface area contributed by atoms with Crippen LogP contribution in [0.2, 0.25) is 0 Å². The maximum atomic E-state index is 13.0. The van der Waals surface area contributed by atoms with Crippen molar-refractivity contribution in [2.24, 2.45) is 0 Å². The summed E-state index contributed by atoms with van der Waals surface area (Å²) in [5.41, 5.74) is 2.05. The van der Waals surface area contributed by atoms with Crippen LogP contribution >= 0.6 is 0 Å². The largest absolute Gasteiger partial charge is 0.495 e. The third-order valence-corrected chi connectivity index (χ3v) is 6.67. The number of aryl methyl sites for hydroxylation is 1. The van der Waals surface area contributed by atoms with Gasteiger partial charge in [0.1, 0.15) is 10.6 Å². The van der Waals surface area contributed by atoms with Gasteiger partial charge in [-0.3, -0.25) is 4.79 Å². The fourth-order valence-electron chi connectivity index (χ4n) is 3.25. The average Bonchev–Trinajstić information content (AvgIpc) is 3.44. The van der Waals surface area contributed by atoms with E-state index in [-0.39, 0.29) is 42.1 Å². The van der Waals surface area contributed by atoms with Crippen molar-refractivity contribution in [3.8, 4) is 28.6 Å². The van der Waals surface area contributed by atoms with Crippen molar-refractivity contribution in [1.82, 2.24) is 10.5 Å². The van der Waals surface area contributed by atoms with Crippen LogP contribution in [0.4, 0.5) is 0 Å². The first-order valence-corrected chi connectivity index (χ1v) is 11.5. The Morgan fingerprint density at radius 3 is 2.69 bits per heavy atom. The van der Waals surface area contributed by atoms with Gasteiger partial charge >= 0.3 is 0 Å². The monoisotopic (exact) mass is 458 g/mol. The first kappa shape index (κ1) is 21.7. The molecule has 0 fully saturated rings. The molecule has 1 amide bonds. The summed E-state index contributed by atoms with van der Waals surface area (Å²) < 4.78 is 47.0. The lowest BCUT2D eigenvalue weighted by Crippen LogP contribution is -2.25. The topological polar surface area (TPSA) is 117 Å². The van der Waals surface area contributed by atoms with Crippen molar-refractivity contribution in [3.63, 3.8) is 0 Å². The number of methoxy groups -OCH3 is 1. The summed E-state index contributed by atoms with van der Waals surface area (Å²) in [5, 5.41) is 6.56. The van der Waals surface area contributed by atoms with Gasteiger partial charge in [-0.05, 0) is 42.8 Å². The zero-order valence-electron chi connectivity index (χ0n) is 17.6. The normalized spacial score (nSPS) is 12.6. The molecule has 0 spiro atoms. The Morgan fingerprint density at radius 1 is 1.12 bits per heavy atom. The van der Waals surface area contributed by atoms with E-state index in [0.717, 1.165) is 5.56 Å². The highest BCUT2D eigenvalue weighted by atomic mass is 32.2. The molecule has 1 aliphatic rings. The Kier molecular flexibility index (Phi) is 6.04. The molecule has 3 aromatic rings. The smallest absolute Gasteiger partial charge is 0.231 e. The number of benzene rings is 2. The summed E-state index contributed by atoms with van der Waals surface area (Å²) in [6, 6.07) is 11.8. The molecule has 0 saturated carbocycles. The first-order valence-electron chi connectivity index (χ1n) is 9.85. The zero-order chi connectivity index (χ0) is 22.7. The summed E-state index contributed by atoms with van der Waals surface area (Å²) in [5.74, 6) is 1.17. The van der Waals surface area contributed by atoms with Crippen LogP contribution < -0.4 is 19.5 Å². The second kappa shape index (κ2) is 8.91. The van der Waals surface area contributed by atoms with Crippen LogP contribution in [0.25, 0.3) is 11.3 Å². The standard InChI is InChI=1S/C22H22N2O7S/c1-14-9-19(31-24-14)16-4-6-18(28-2)21(11-16)32(26,27)8-7-22(25)23-12-15-3-5-17-20(10-15)30-13-29-17/h3-6,9-11H,7-8,12-13H2,1-2H3,(H,23,25). The number of rotatable bonds is 8. The van der Waals surface area contributed by atoms with Crippen LogP contribution in [0.5, 0.6) is 17.2 Å². The van der Waals surface area contributed by atoms with Crippen LogP contribution in [0.1, 0.15) is 17.7 Å². The summed E-state index contributed by atoms with van der Waals surface area (Å²) in [7, 11) is -2.40. The van der Waals surface area contributed by atoms with Gasteiger partial charge in [0, 0.05) is 24.6 Å². The summed E-state index contributed by atoms with van der Waals surface area (Å²) >= 11 is 0. The summed E-state index contributed by atoms with van der Waals surface area (Å²) in [4.78, 5) is 12.3. The number of hydrogen-bond acceptors (Lipinski definition) is 8. The number of nitrogens with one attached hydrogen (secondary N) is 1. The van der Waals surface area contributed by atoms with Gasteiger partial charge in [-0.1, -0.05) is 11.2 Å². The van der Waals surface area contributed by atoms with E-state index in [9.17, 15) is 13.2 Å². The molecule has 0 saturated heterocycles. The number of sulfone groups is 1. The molecule has 2 aromatic carbocycles. The molecule has 32 heavy (non-hydrogen) atoms. The number of amides is 1. The Balaban J connectivity index is 1.41. The predicted octanol–water partition coefficient (Wildman–Crippen LogP) is 2.87. The van der Waals surface area contributed by atoms with Crippen molar-refractivity contribution in [1.29, 1.82) is 0 Å². The molecular weight excluding hydrogens is 436 g/mol. The van der Waals surface area contributed by atoms with Gasteiger partial charge in [0.05, 0.1) is 18.6 Å². The van der Waals surface area contributed by atoms with Gasteiger partial charge in [0.2, 0.25) is 12.7 Å². The van der Waals surface area contributed by atoms with Crippen molar-refractivity contribution in [2.75, 3.05) is 19.7 Å². The van der Waals surface area contributed by atoms with E-state index in [4.69, 9.17) is 18.7 Å². The van der Waals surface area contributed by atoms with Crippen molar-refractivity contribution in [2.45, 2.75) is 24.8 Å². The van der Waals surface area contributed by atoms with Crippen molar-refractivity contribution < 1.29 is 31.9 Å². The molecule has 0 unspecified atom stereocenters. The fraction of sp³-hybridized carbons (Fsp3) is 0.273. The molecule has 0 atom stereocenters. The predicted molar refractivity (Wildman–Crippen MR) is 114 cm³/mol. The van der Waals surface area contributed by atoms with Gasteiger partial charge < -0.3 is 24.1 Å². The molecule has 0 aliphatic carbocycles. The summed E-state index contributed by atoms with van der Waals surface area (Å²) in [6.07, 6.45) is -0.193. The molecule has 10 heteroatoms. The Labute approximate surface area is 185 Å². The molecule has 1 aliphatic heterocycles. The third kappa shape index (κ3) is 4.70. The maximum Gasteiger partial charge on any atom is 0.231 e. The third-order valence-electron chi connectivity index (χ3n) is 4.94. The SMILES string of the molecule is COc1ccc(-c2cc(C)no2)cc1S(=O)(=O)CCC(=O)NCc1ccc2c(c1)OCO2. The number of nitrogens with zero attached hydrogens (tertiary/aromatic N) is 1. The van der Waals surface area contributed by atoms with Crippen LogP contribution in [0.15, 0.2) is 51.9 Å². The first-order chi connectivity index (χ1) is 15.4. The summed E-state index contributed by atoms with van der Waals surface area (Å²) in [6.45, 7) is 2.19. The quantitative estimate of drug-likeness (QED) is 0.548. The van der Waals surface area contributed by atoms with E-state index in [0.29, 0.717) is 28.5 Å². The highest BCUT2D eigenvalue weighted by Gasteiger charge is 2.23. The number of carbonyl (C=O) groups is 1. The van der Waals surface area contributed by atoms with Gasteiger partial charge in [0.25, 0.3) is 0 Å². The second-order valence-electron chi connectivity index (χ2n) is 7.23. The number of carbonyl (C=O) groups excluding carboxylic acids is 1. The van der Waals surface area contributed by atoms with Crippen LogP contribution in [0, 0.1) is 6.92 Å². The molecule has 0 radical (unpaired) electrons. The highest BCUT2D eigenvalue weighted by Crippen LogP contribution is 2.33. The molecule has 1 aromatic heterocycles. The van der Waals surface area contributed by atoms with Gasteiger partial charge in [-0.25, -0.2) is 8.42 Å². The van der Waals surface area contributed by atoms with E-state index in [1.807, 2.05) is 6.07 Å². The molecular formula is C22H22N2O7S. The number of ether oxygens (including phenoxy) is 3. The Bertz CT molecular complexity index is 1250. The number of hydrogen-bond donors (Lipinski definition) is 1. The van der Waals surface area contributed by atoms with Gasteiger partial charge in [-0.2, -0.15) is 0 Å². The lowest BCUT2D eigenvalue weighted by molar-refractivity contribution is -0.120. The Hall–Kier alpha value is -3.53. The lowest BCUT2D eigenvalue weighted by Gasteiger charge is -2.11. The minimum atomic E-state index is -3.80. The van der Waals surface area contributed by atoms with Crippen molar-refractivity contribution >= 4 is 15.7 Å². The number of fused-ring (bicyclic) bond motifs is 1. The molecule has 0 bridgehead atoms. The van der Waals surface area contributed by atoms with Crippen molar-refractivity contribution in [3.05, 3.63) is 53.7 Å². The average molecular weight is 458 g/mol. The minimum Gasteiger partial charge on any atom is -0.495 e. The molecule has 9 nitrogen and oxygen atoms in total. The lowest BCUT2D eigenvalue weighted by atomic mass is 10.1. The fourth-order valence-corrected chi connectivity index (χ4v) is 4.69. The molecule has 168 valence electrons. The van der Waals surface area contributed by atoms with Gasteiger partial charge in [-0.15, -0.1) is 0 Å². The van der Waals surface area contributed by atoms with Gasteiger partial charge in [0.15, 0.2) is 27.1 Å². The Morgan fingerprint density at radius 2 is 1.94 bits per heavy atom. The minimum absolute atomic E-state index is 0.00451. The zero-order valence-corrected chi connectivity index (χ0v) is 18.4. The maximum absolute atomic E-state index is 13.0. The molecule has 4 rings (SSSR count). The van der Waals surface area contributed by atoms with Crippen LogP contribution in [0.3, 0.4) is 0 Å². The van der Waals surface area contributed by atoms with Crippen LogP contribution in [-0.4, -0.2) is 39.1 Å².